The molecule has 0 bridgehead atoms. The summed E-state index contributed by atoms with van der Waals surface area (Å²) in [4.78, 5) is 58.7. The average Bonchev–Trinajstić information content (AvgIpc) is 3.52. The molecule has 1 heterocycles. The van der Waals surface area contributed by atoms with E-state index in [0.717, 1.165) is 16.1 Å². The highest BCUT2D eigenvalue weighted by atomic mass is 32.2. The largest absolute Gasteiger partial charge is 0.465 e. The number of hydrogen-bond acceptors (Lipinski definition) is 9. The number of fused-ring (bicyclic) bond motifs is 1. The highest BCUT2D eigenvalue weighted by Gasteiger charge is 2.39. The fourth-order valence-electron chi connectivity index (χ4n) is 4.99. The first-order valence-electron chi connectivity index (χ1n) is 14.4. The Hall–Kier alpha value is -4.53. The molecule has 3 aromatic carbocycles. The van der Waals surface area contributed by atoms with E-state index in [4.69, 9.17) is 9.57 Å². The van der Waals surface area contributed by atoms with Crippen LogP contribution in [0, 0.1) is 0 Å². The first kappa shape index (κ1) is 33.4. The van der Waals surface area contributed by atoms with Crippen LogP contribution in [0.2, 0.25) is 0 Å². The molecule has 1 fully saturated rings. The van der Waals surface area contributed by atoms with E-state index in [1.54, 1.807) is 55.5 Å². The Labute approximate surface area is 261 Å². The topological polar surface area (TPSA) is 163 Å². The second-order valence-electron chi connectivity index (χ2n) is 10.5. The van der Waals surface area contributed by atoms with Crippen LogP contribution in [0.4, 0.5) is 5.69 Å². The van der Waals surface area contributed by atoms with Crippen LogP contribution in [0.25, 0.3) is 10.8 Å². The summed E-state index contributed by atoms with van der Waals surface area (Å²) in [6, 6.07) is 16.9. The molecular formula is C31H37N5O8S. The molecular weight excluding hydrogens is 602 g/mol. The van der Waals surface area contributed by atoms with Gasteiger partial charge in [0, 0.05) is 43.4 Å². The van der Waals surface area contributed by atoms with Crippen molar-refractivity contribution in [2.75, 3.05) is 45.3 Å². The van der Waals surface area contributed by atoms with Crippen LogP contribution in [-0.4, -0.2) is 89.7 Å². The van der Waals surface area contributed by atoms with Crippen molar-refractivity contribution in [3.8, 4) is 0 Å². The number of rotatable bonds is 13. The van der Waals surface area contributed by atoms with Crippen LogP contribution in [0.5, 0.6) is 0 Å². The van der Waals surface area contributed by atoms with Gasteiger partial charge in [-0.15, -0.1) is 0 Å². The van der Waals surface area contributed by atoms with E-state index >= 15 is 0 Å². The van der Waals surface area contributed by atoms with Crippen LogP contribution in [0.1, 0.15) is 18.9 Å². The monoisotopic (exact) mass is 639 g/mol. The van der Waals surface area contributed by atoms with Gasteiger partial charge in [0.15, 0.2) is 0 Å². The molecule has 45 heavy (non-hydrogen) atoms. The lowest BCUT2D eigenvalue weighted by Gasteiger charge is -2.27. The van der Waals surface area contributed by atoms with Gasteiger partial charge in [-0.1, -0.05) is 54.6 Å². The number of hydroxylamine groups is 2. The Kier molecular flexibility index (Phi) is 11.1. The Morgan fingerprint density at radius 3 is 2.40 bits per heavy atom. The molecule has 1 saturated heterocycles. The number of carbonyl (C=O) groups excluding carboxylic acids is 4. The van der Waals surface area contributed by atoms with Crippen molar-refractivity contribution in [3.05, 3.63) is 72.3 Å². The van der Waals surface area contributed by atoms with Gasteiger partial charge < -0.3 is 20.3 Å². The Bertz CT molecular complexity index is 1650. The quantitative estimate of drug-likeness (QED) is 0.233. The van der Waals surface area contributed by atoms with Crippen molar-refractivity contribution in [1.29, 1.82) is 0 Å². The number of carbonyl (C=O) groups is 4. The zero-order valence-electron chi connectivity index (χ0n) is 25.3. The van der Waals surface area contributed by atoms with Gasteiger partial charge in [-0.3, -0.25) is 24.0 Å². The third-order valence-corrected chi connectivity index (χ3v) is 8.57. The number of benzene rings is 3. The molecule has 3 N–H and O–H groups in total. The van der Waals surface area contributed by atoms with Crippen molar-refractivity contribution in [2.24, 2.45) is 0 Å². The number of sulfonamides is 1. The molecule has 3 aromatic rings. The van der Waals surface area contributed by atoms with Crippen molar-refractivity contribution < 1.29 is 37.2 Å². The zero-order chi connectivity index (χ0) is 32.6. The van der Waals surface area contributed by atoms with E-state index in [1.807, 2.05) is 31.1 Å². The minimum atomic E-state index is -4.13. The molecule has 2 atom stereocenters. The lowest BCUT2D eigenvalue weighted by Crippen LogP contribution is -2.55. The summed E-state index contributed by atoms with van der Waals surface area (Å²) in [7, 11) is -0.416. The molecule has 0 spiro atoms. The van der Waals surface area contributed by atoms with Crippen LogP contribution in [0.3, 0.4) is 0 Å². The average molecular weight is 640 g/mol. The van der Waals surface area contributed by atoms with Crippen molar-refractivity contribution >= 4 is 50.2 Å². The molecule has 4 rings (SSSR count). The fraction of sp³-hybridized carbons (Fsp3) is 0.355. The van der Waals surface area contributed by atoms with E-state index in [-0.39, 0.29) is 37.5 Å². The predicted octanol–water partition coefficient (Wildman–Crippen LogP) is 1.12. The lowest BCUT2D eigenvalue weighted by molar-refractivity contribution is -0.181. The third-order valence-electron chi connectivity index (χ3n) is 7.11. The lowest BCUT2D eigenvalue weighted by atomic mass is 10.0. The molecule has 13 nitrogen and oxygen atoms in total. The smallest absolute Gasteiger partial charge is 0.325 e. The van der Waals surface area contributed by atoms with E-state index in [9.17, 15) is 27.6 Å². The number of ether oxygens (including phenoxy) is 1. The molecule has 0 aliphatic carbocycles. The van der Waals surface area contributed by atoms with Crippen LogP contribution >= 0.6 is 0 Å². The van der Waals surface area contributed by atoms with E-state index in [2.05, 4.69) is 15.4 Å². The van der Waals surface area contributed by atoms with Gasteiger partial charge in [-0.25, -0.2) is 18.2 Å². The first-order chi connectivity index (χ1) is 21.5. The molecule has 0 saturated carbocycles. The summed E-state index contributed by atoms with van der Waals surface area (Å²) in [6.45, 7) is 0.844. The van der Waals surface area contributed by atoms with Crippen LogP contribution in [0.15, 0.2) is 71.6 Å². The minimum Gasteiger partial charge on any atom is -0.465 e. The van der Waals surface area contributed by atoms with Crippen LogP contribution < -0.4 is 20.3 Å². The van der Waals surface area contributed by atoms with E-state index < -0.39 is 52.3 Å². The summed E-state index contributed by atoms with van der Waals surface area (Å²) in [5.74, 6) is -2.70. The SMILES string of the molecule is CCOC(=O)CNC(=O)[C@@H]1CCON1C(=O)[C@H](Cc1ccccc1)NC(=O)CNS(=O)(=O)c1cccc2c(N(C)C)cccc12. The van der Waals surface area contributed by atoms with Gasteiger partial charge in [-0.2, -0.15) is 0 Å². The van der Waals surface area contributed by atoms with Crippen molar-refractivity contribution in [3.63, 3.8) is 0 Å². The van der Waals surface area contributed by atoms with Gasteiger partial charge in [0.1, 0.15) is 18.6 Å². The van der Waals surface area contributed by atoms with Gasteiger partial charge in [0.2, 0.25) is 21.8 Å². The number of amides is 3. The highest BCUT2D eigenvalue weighted by Crippen LogP contribution is 2.30. The maximum Gasteiger partial charge on any atom is 0.325 e. The molecule has 3 amide bonds. The molecule has 1 aliphatic rings. The molecule has 0 unspecified atom stereocenters. The summed E-state index contributed by atoms with van der Waals surface area (Å²) in [6.07, 6.45) is 0.221. The Morgan fingerprint density at radius 2 is 1.69 bits per heavy atom. The summed E-state index contributed by atoms with van der Waals surface area (Å²) in [5.41, 5.74) is 1.55. The number of nitrogens with zero attached hydrogens (tertiary/aromatic N) is 2. The van der Waals surface area contributed by atoms with Crippen molar-refractivity contribution in [1.82, 2.24) is 20.4 Å². The second kappa shape index (κ2) is 15.0. The second-order valence-corrected chi connectivity index (χ2v) is 12.2. The number of nitrogens with one attached hydrogen (secondary N) is 3. The molecule has 14 heteroatoms. The molecule has 0 radical (unpaired) electrons. The summed E-state index contributed by atoms with van der Waals surface area (Å²) < 4.78 is 33.9. The van der Waals surface area contributed by atoms with Gasteiger partial charge in [0.25, 0.3) is 5.91 Å². The van der Waals surface area contributed by atoms with E-state index in [0.29, 0.717) is 10.9 Å². The van der Waals surface area contributed by atoms with Crippen molar-refractivity contribution in [2.45, 2.75) is 36.7 Å². The molecule has 0 aromatic heterocycles. The molecule has 240 valence electrons. The maximum absolute atomic E-state index is 13.7. The minimum absolute atomic E-state index is 0.00977. The van der Waals surface area contributed by atoms with Crippen LogP contribution in [-0.2, 0) is 45.2 Å². The standard InChI is InChI=1S/C31H37N5O8S/c1-4-43-29(38)20-32-30(39)26-16-17-44-36(26)31(40)24(18-21-10-6-5-7-11-21)34-28(37)19-33-45(41,42)27-15-9-12-22-23(27)13-8-14-25(22)35(2)3/h5-15,24,26,33H,4,16-20H2,1-3H3,(H,32,39)(H,34,37)/t24-,26-/m0/s1. The number of esters is 1. The fourth-order valence-corrected chi connectivity index (χ4v) is 6.19. The van der Waals surface area contributed by atoms with Gasteiger partial charge in [-0.05, 0) is 24.6 Å². The highest BCUT2D eigenvalue weighted by molar-refractivity contribution is 7.89. The van der Waals surface area contributed by atoms with Gasteiger partial charge in [0.05, 0.1) is 24.7 Å². The normalized spacial score (nSPS) is 15.4. The third kappa shape index (κ3) is 8.35. The van der Waals surface area contributed by atoms with Gasteiger partial charge >= 0.3 is 5.97 Å². The number of hydrogen-bond donors (Lipinski definition) is 3. The maximum atomic E-state index is 13.7. The molecule has 1 aliphatic heterocycles. The van der Waals surface area contributed by atoms with E-state index in [1.165, 1.54) is 6.07 Å². The summed E-state index contributed by atoms with van der Waals surface area (Å²) in [5, 5.41) is 7.17. The number of anilines is 1. The Balaban J connectivity index is 1.48. The summed E-state index contributed by atoms with van der Waals surface area (Å²) >= 11 is 0. The zero-order valence-corrected chi connectivity index (χ0v) is 26.1. The Morgan fingerprint density at radius 1 is 0.978 bits per heavy atom. The first-order valence-corrected chi connectivity index (χ1v) is 15.9. The predicted molar refractivity (Wildman–Crippen MR) is 166 cm³/mol.